The van der Waals surface area contributed by atoms with Gasteiger partial charge in [0.2, 0.25) is 5.75 Å². The molecular weight excluding hydrogens is 418 g/mol. The van der Waals surface area contributed by atoms with Crippen molar-refractivity contribution in [3.63, 3.8) is 0 Å². The highest BCUT2D eigenvalue weighted by Crippen LogP contribution is 2.37. The molecule has 0 unspecified atom stereocenters. The van der Waals surface area contributed by atoms with Crippen LogP contribution in [0.3, 0.4) is 0 Å². The summed E-state index contributed by atoms with van der Waals surface area (Å²) in [5.41, 5.74) is 2.94. The number of carbonyl (C=O) groups excluding carboxylic acids is 2. The van der Waals surface area contributed by atoms with Crippen molar-refractivity contribution in [2.45, 2.75) is 6.92 Å². The Labute approximate surface area is 162 Å². The number of halogens is 1. The molecule has 1 saturated heterocycles. The van der Waals surface area contributed by atoms with Crippen LogP contribution in [0.1, 0.15) is 12.5 Å². The molecule has 1 aliphatic rings. The maximum atomic E-state index is 12.6. The van der Waals surface area contributed by atoms with Gasteiger partial charge in [0.05, 0.1) is 21.7 Å². The van der Waals surface area contributed by atoms with Crippen LogP contribution in [0.2, 0.25) is 0 Å². The Balaban J connectivity index is 2.00. The number of hydrogen-bond donors (Lipinski definition) is 1. The summed E-state index contributed by atoms with van der Waals surface area (Å²) in [5.74, 6) is -1.03. The Bertz CT molecular complexity index is 959. The van der Waals surface area contributed by atoms with Crippen molar-refractivity contribution in [1.82, 2.24) is 5.43 Å². The number of hydrogen-bond acceptors (Lipinski definition) is 5. The normalized spacial score (nSPS) is 15.2. The van der Waals surface area contributed by atoms with E-state index in [1.807, 2.05) is 0 Å². The molecule has 3 rings (SSSR count). The molecule has 27 heavy (non-hydrogen) atoms. The predicted octanol–water partition coefficient (Wildman–Crippen LogP) is 3.22. The second kappa shape index (κ2) is 7.58. The Morgan fingerprint density at radius 2 is 1.96 bits per heavy atom. The van der Waals surface area contributed by atoms with Crippen LogP contribution in [-0.2, 0) is 9.59 Å². The van der Waals surface area contributed by atoms with E-state index in [9.17, 15) is 19.7 Å². The zero-order valence-corrected chi connectivity index (χ0v) is 15.7. The lowest BCUT2D eigenvalue weighted by Crippen LogP contribution is -2.35. The average molecular weight is 432 g/mol. The van der Waals surface area contributed by atoms with Crippen LogP contribution < -0.4 is 15.2 Å². The molecule has 0 spiro atoms. The largest absolute Gasteiger partial charge is 0.486 e. The maximum absolute atomic E-state index is 12.6. The number of nitrogens with one attached hydrogen (secondary N) is 1. The number of nitro groups is 1. The molecule has 2 amide bonds. The first-order valence-electron chi connectivity index (χ1n) is 7.95. The minimum absolute atomic E-state index is 0.0952. The predicted molar refractivity (Wildman–Crippen MR) is 102 cm³/mol. The summed E-state index contributed by atoms with van der Waals surface area (Å²) >= 11 is 3.24. The topological polar surface area (TPSA) is 102 Å². The molecule has 9 heteroatoms. The Kier molecular flexibility index (Phi) is 5.22. The van der Waals surface area contributed by atoms with Crippen LogP contribution >= 0.6 is 15.9 Å². The monoisotopic (exact) mass is 431 g/mol. The van der Waals surface area contributed by atoms with Gasteiger partial charge >= 0.3 is 5.69 Å². The number of benzene rings is 2. The zero-order valence-electron chi connectivity index (χ0n) is 14.1. The van der Waals surface area contributed by atoms with E-state index in [4.69, 9.17) is 4.74 Å². The standard InChI is InChI=1S/C18H14BrN3O5/c1-2-27-16-14(19)9-11(10-15(16)22(25)26)8-13-17(23)20-21(18(13)24)12-6-4-3-5-7-12/h3-10H,2H2,1H3,(H,20,23). The minimum atomic E-state index is -0.587. The Morgan fingerprint density at radius 1 is 1.26 bits per heavy atom. The van der Waals surface area contributed by atoms with Crippen molar-refractivity contribution in [1.29, 1.82) is 0 Å². The zero-order chi connectivity index (χ0) is 19.6. The first-order valence-corrected chi connectivity index (χ1v) is 8.74. The molecule has 1 fully saturated rings. The summed E-state index contributed by atoms with van der Waals surface area (Å²) in [6, 6.07) is 11.4. The summed E-state index contributed by atoms with van der Waals surface area (Å²) in [5, 5.41) is 12.5. The van der Waals surface area contributed by atoms with E-state index in [2.05, 4.69) is 21.4 Å². The van der Waals surface area contributed by atoms with Gasteiger partial charge in [-0.15, -0.1) is 0 Å². The quantitative estimate of drug-likeness (QED) is 0.338. The third-order valence-electron chi connectivity index (χ3n) is 3.75. The number of para-hydroxylation sites is 1. The van der Waals surface area contributed by atoms with E-state index in [1.165, 1.54) is 12.1 Å². The van der Waals surface area contributed by atoms with Crippen LogP contribution in [0.5, 0.6) is 5.75 Å². The van der Waals surface area contributed by atoms with Gasteiger partial charge in [0.1, 0.15) is 5.57 Å². The first-order chi connectivity index (χ1) is 12.9. The van der Waals surface area contributed by atoms with E-state index in [0.29, 0.717) is 15.7 Å². The Hall–Kier alpha value is -3.20. The van der Waals surface area contributed by atoms with Gasteiger partial charge in [0.25, 0.3) is 11.8 Å². The molecule has 1 N–H and O–H groups in total. The van der Waals surface area contributed by atoms with E-state index < -0.39 is 16.7 Å². The number of nitrogens with zero attached hydrogens (tertiary/aromatic N) is 2. The first kappa shape index (κ1) is 18.6. The van der Waals surface area contributed by atoms with E-state index in [1.54, 1.807) is 43.3 Å². The Morgan fingerprint density at radius 3 is 2.59 bits per heavy atom. The third-order valence-corrected chi connectivity index (χ3v) is 4.34. The summed E-state index contributed by atoms with van der Waals surface area (Å²) in [7, 11) is 0. The number of rotatable bonds is 5. The second-order valence-corrected chi connectivity index (χ2v) is 6.37. The highest BCUT2D eigenvalue weighted by atomic mass is 79.9. The van der Waals surface area contributed by atoms with Gasteiger partial charge in [-0.05, 0) is 52.7 Å². The van der Waals surface area contributed by atoms with Gasteiger partial charge in [-0.3, -0.25) is 25.1 Å². The fourth-order valence-electron chi connectivity index (χ4n) is 2.59. The lowest BCUT2D eigenvalue weighted by atomic mass is 10.1. The maximum Gasteiger partial charge on any atom is 0.312 e. The average Bonchev–Trinajstić information content (AvgIpc) is 2.92. The lowest BCUT2D eigenvalue weighted by molar-refractivity contribution is -0.385. The number of ether oxygens (including phenoxy) is 1. The van der Waals surface area contributed by atoms with Gasteiger partial charge in [-0.2, -0.15) is 0 Å². The van der Waals surface area contributed by atoms with Crippen molar-refractivity contribution < 1.29 is 19.2 Å². The van der Waals surface area contributed by atoms with E-state index >= 15 is 0 Å². The molecule has 0 saturated carbocycles. The molecule has 2 aromatic carbocycles. The number of hydrazine groups is 1. The molecule has 1 aliphatic heterocycles. The highest BCUT2D eigenvalue weighted by molar-refractivity contribution is 9.10. The van der Waals surface area contributed by atoms with Crippen LogP contribution in [0.25, 0.3) is 6.08 Å². The van der Waals surface area contributed by atoms with Crippen molar-refractivity contribution in [2.24, 2.45) is 0 Å². The highest BCUT2D eigenvalue weighted by Gasteiger charge is 2.34. The van der Waals surface area contributed by atoms with Gasteiger partial charge in [0.15, 0.2) is 0 Å². The van der Waals surface area contributed by atoms with Crippen LogP contribution in [0.15, 0.2) is 52.5 Å². The fraction of sp³-hybridized carbons (Fsp3) is 0.111. The van der Waals surface area contributed by atoms with Gasteiger partial charge in [0, 0.05) is 6.07 Å². The van der Waals surface area contributed by atoms with Crippen LogP contribution in [-0.4, -0.2) is 23.3 Å². The van der Waals surface area contributed by atoms with Crippen molar-refractivity contribution in [3.05, 3.63) is 68.2 Å². The smallest absolute Gasteiger partial charge is 0.312 e. The molecular formula is C18H14BrN3O5. The molecule has 0 aromatic heterocycles. The summed E-state index contributed by atoms with van der Waals surface area (Å²) in [6.45, 7) is 1.97. The molecule has 0 atom stereocenters. The number of carbonyl (C=O) groups is 2. The summed E-state index contributed by atoms with van der Waals surface area (Å²) in [6.07, 6.45) is 1.31. The van der Waals surface area contributed by atoms with E-state index in [-0.39, 0.29) is 23.6 Å². The van der Waals surface area contributed by atoms with Crippen molar-refractivity contribution in [2.75, 3.05) is 11.6 Å². The van der Waals surface area contributed by atoms with Crippen molar-refractivity contribution in [3.8, 4) is 5.75 Å². The number of nitro benzene ring substituents is 1. The number of anilines is 1. The summed E-state index contributed by atoms with van der Waals surface area (Å²) < 4.78 is 5.67. The molecule has 2 aromatic rings. The third kappa shape index (κ3) is 3.68. The SMILES string of the molecule is CCOc1c(Br)cc(C=C2C(=O)NN(c3ccccc3)C2=O)cc1[N+](=O)[O-]. The van der Waals surface area contributed by atoms with Gasteiger partial charge < -0.3 is 4.74 Å². The van der Waals surface area contributed by atoms with Gasteiger partial charge in [-0.1, -0.05) is 18.2 Å². The van der Waals surface area contributed by atoms with Crippen molar-refractivity contribution >= 4 is 45.2 Å². The molecule has 1 heterocycles. The second-order valence-electron chi connectivity index (χ2n) is 5.52. The molecule has 0 aliphatic carbocycles. The van der Waals surface area contributed by atoms with Gasteiger partial charge in [-0.25, -0.2) is 5.01 Å². The number of amides is 2. The molecule has 0 radical (unpaired) electrons. The molecule has 8 nitrogen and oxygen atoms in total. The summed E-state index contributed by atoms with van der Waals surface area (Å²) in [4.78, 5) is 35.6. The fourth-order valence-corrected chi connectivity index (χ4v) is 3.17. The van der Waals surface area contributed by atoms with Crippen LogP contribution in [0, 0.1) is 10.1 Å². The minimum Gasteiger partial charge on any atom is -0.486 e. The van der Waals surface area contributed by atoms with Crippen LogP contribution in [0.4, 0.5) is 11.4 Å². The van der Waals surface area contributed by atoms with E-state index in [0.717, 1.165) is 5.01 Å². The lowest BCUT2D eigenvalue weighted by Gasteiger charge is -2.13. The molecule has 0 bridgehead atoms. The molecule has 138 valence electrons.